The zero-order valence-corrected chi connectivity index (χ0v) is 30.0. The molecule has 0 radical (unpaired) electrons. The molecule has 0 rings (SSSR count). The normalized spacial score (nSPS) is 14.0. The zero-order chi connectivity index (χ0) is 33.1. The van der Waals surface area contributed by atoms with Crippen molar-refractivity contribution in [3.63, 3.8) is 0 Å². The predicted molar refractivity (Wildman–Crippen MR) is 195 cm³/mol. The Morgan fingerprint density at radius 1 is 0.556 bits per heavy atom. The van der Waals surface area contributed by atoms with Gasteiger partial charge in [0.05, 0.1) is 31.3 Å². The third-order valence-electron chi connectivity index (χ3n) is 8.99. The number of allylic oxidation sites excluding steroid dienone is 3. The first-order valence-electron chi connectivity index (χ1n) is 19.6. The van der Waals surface area contributed by atoms with Gasteiger partial charge in [0.2, 0.25) is 5.91 Å². The van der Waals surface area contributed by atoms with Crippen molar-refractivity contribution >= 4 is 5.91 Å². The van der Waals surface area contributed by atoms with Crippen molar-refractivity contribution in [3.8, 4) is 0 Å². The van der Waals surface area contributed by atoms with Crippen molar-refractivity contribution in [1.29, 1.82) is 0 Å². The molecule has 0 fully saturated rings. The summed E-state index contributed by atoms with van der Waals surface area (Å²) in [4.78, 5) is 12.4. The van der Waals surface area contributed by atoms with Crippen LogP contribution in [0.5, 0.6) is 0 Å². The van der Waals surface area contributed by atoms with Crippen LogP contribution in [0.2, 0.25) is 0 Å². The van der Waals surface area contributed by atoms with Gasteiger partial charge in [-0.3, -0.25) is 4.79 Å². The van der Waals surface area contributed by atoms with Crippen LogP contribution in [0.3, 0.4) is 0 Å². The topological polar surface area (TPSA) is 89.8 Å². The van der Waals surface area contributed by atoms with E-state index < -0.39 is 18.2 Å². The maximum atomic E-state index is 12.4. The third kappa shape index (κ3) is 32.6. The molecule has 5 heteroatoms. The molecule has 0 aliphatic rings. The molecule has 0 aromatic heterocycles. The maximum Gasteiger partial charge on any atom is 0.222 e. The van der Waals surface area contributed by atoms with Crippen LogP contribution < -0.4 is 5.32 Å². The summed E-state index contributed by atoms with van der Waals surface area (Å²) >= 11 is 0. The molecule has 266 valence electrons. The number of hydrogen-bond donors (Lipinski definition) is 4. The Morgan fingerprint density at radius 2 is 0.956 bits per heavy atom. The summed E-state index contributed by atoms with van der Waals surface area (Å²) in [5, 5.41) is 33.0. The van der Waals surface area contributed by atoms with Crippen LogP contribution in [-0.2, 0) is 4.79 Å². The highest BCUT2D eigenvalue weighted by atomic mass is 16.3. The van der Waals surface area contributed by atoms with Crippen LogP contribution >= 0.6 is 0 Å². The number of aliphatic hydroxyl groups is 3. The molecule has 0 aromatic rings. The van der Waals surface area contributed by atoms with Crippen LogP contribution in [0.25, 0.3) is 0 Å². The molecular weight excluding hydrogens is 558 g/mol. The number of aliphatic hydroxyl groups excluding tert-OH is 3. The van der Waals surface area contributed by atoms with E-state index in [0.717, 1.165) is 32.1 Å². The molecule has 5 nitrogen and oxygen atoms in total. The standard InChI is InChI=1S/C40H77NO4/c1-3-5-7-9-11-13-15-17-18-19-20-21-22-23-25-27-29-31-33-37(43)35-40(45)41-38(36-42)39(44)34-32-30-28-26-24-16-14-12-10-8-6-4-2/h24,26,32,34,37-39,42-44H,3-23,25,27-31,33,35-36H2,1-2H3,(H,41,45)/b26-24+,34-32+. The second-order valence-corrected chi connectivity index (χ2v) is 13.5. The fourth-order valence-corrected chi connectivity index (χ4v) is 5.94. The third-order valence-corrected chi connectivity index (χ3v) is 8.99. The number of carbonyl (C=O) groups is 1. The number of carbonyl (C=O) groups excluding carboxylic acids is 1. The Bertz CT molecular complexity index is 665. The summed E-state index contributed by atoms with van der Waals surface area (Å²) < 4.78 is 0. The van der Waals surface area contributed by atoms with Gasteiger partial charge in [-0.05, 0) is 32.1 Å². The summed E-state index contributed by atoms with van der Waals surface area (Å²) in [6, 6.07) is -0.755. The monoisotopic (exact) mass is 636 g/mol. The Morgan fingerprint density at radius 3 is 1.42 bits per heavy atom. The largest absolute Gasteiger partial charge is 0.394 e. The number of unbranched alkanes of at least 4 members (excludes halogenated alkanes) is 24. The van der Waals surface area contributed by atoms with Crippen molar-refractivity contribution in [2.24, 2.45) is 0 Å². The molecule has 3 atom stereocenters. The summed E-state index contributed by atoms with van der Waals surface area (Å²) in [6.45, 7) is 4.18. The lowest BCUT2D eigenvalue weighted by Crippen LogP contribution is -2.45. The van der Waals surface area contributed by atoms with Gasteiger partial charge < -0.3 is 20.6 Å². The molecule has 0 aromatic carbocycles. The van der Waals surface area contributed by atoms with Crippen molar-refractivity contribution < 1.29 is 20.1 Å². The van der Waals surface area contributed by atoms with Crippen molar-refractivity contribution in [2.45, 2.75) is 218 Å². The van der Waals surface area contributed by atoms with Crippen molar-refractivity contribution in [2.75, 3.05) is 6.61 Å². The average molecular weight is 636 g/mol. The molecule has 45 heavy (non-hydrogen) atoms. The minimum atomic E-state index is -0.946. The lowest BCUT2D eigenvalue weighted by atomic mass is 10.0. The Labute approximate surface area is 280 Å². The van der Waals surface area contributed by atoms with Gasteiger partial charge in [0.25, 0.3) is 0 Å². The SMILES string of the molecule is CCCCCCCC/C=C/CC/C=C/C(O)C(CO)NC(=O)CC(O)CCCCCCCCCCCCCCCCCCCC. The molecular formula is C40H77NO4. The summed E-state index contributed by atoms with van der Waals surface area (Å²) in [6.07, 6.45) is 41.7. The molecule has 3 unspecified atom stereocenters. The smallest absolute Gasteiger partial charge is 0.222 e. The van der Waals surface area contributed by atoms with E-state index in [4.69, 9.17) is 0 Å². The van der Waals surface area contributed by atoms with Gasteiger partial charge in [0.15, 0.2) is 0 Å². The molecule has 1 amide bonds. The molecule has 0 spiro atoms. The van der Waals surface area contributed by atoms with E-state index in [1.807, 2.05) is 6.08 Å². The van der Waals surface area contributed by atoms with Gasteiger partial charge in [0.1, 0.15) is 0 Å². The van der Waals surface area contributed by atoms with E-state index in [1.165, 1.54) is 141 Å². The highest BCUT2D eigenvalue weighted by Gasteiger charge is 2.20. The maximum absolute atomic E-state index is 12.4. The van der Waals surface area contributed by atoms with E-state index in [-0.39, 0.29) is 18.9 Å². The first kappa shape index (κ1) is 43.8. The van der Waals surface area contributed by atoms with E-state index in [9.17, 15) is 20.1 Å². The second-order valence-electron chi connectivity index (χ2n) is 13.5. The van der Waals surface area contributed by atoms with E-state index in [0.29, 0.717) is 6.42 Å². The minimum absolute atomic E-state index is 0.00922. The first-order chi connectivity index (χ1) is 22.0. The lowest BCUT2D eigenvalue weighted by molar-refractivity contribution is -0.124. The Kier molecular flexibility index (Phi) is 34.8. The van der Waals surface area contributed by atoms with E-state index in [1.54, 1.807) is 6.08 Å². The molecule has 0 heterocycles. The van der Waals surface area contributed by atoms with Crippen LogP contribution in [0.15, 0.2) is 24.3 Å². The predicted octanol–water partition coefficient (Wildman–Crippen LogP) is 10.7. The summed E-state index contributed by atoms with van der Waals surface area (Å²) in [5.41, 5.74) is 0. The second kappa shape index (κ2) is 35.7. The molecule has 0 bridgehead atoms. The van der Waals surface area contributed by atoms with Crippen molar-refractivity contribution in [1.82, 2.24) is 5.32 Å². The number of nitrogens with one attached hydrogen (secondary N) is 1. The number of hydrogen-bond acceptors (Lipinski definition) is 4. The van der Waals surface area contributed by atoms with E-state index in [2.05, 4.69) is 31.3 Å². The highest BCUT2D eigenvalue weighted by molar-refractivity contribution is 5.76. The molecule has 0 saturated carbocycles. The van der Waals surface area contributed by atoms with Gasteiger partial charge in [0, 0.05) is 0 Å². The minimum Gasteiger partial charge on any atom is -0.394 e. The van der Waals surface area contributed by atoms with Crippen LogP contribution in [0, 0.1) is 0 Å². The molecule has 0 aliphatic heterocycles. The van der Waals surface area contributed by atoms with Crippen LogP contribution in [0.1, 0.15) is 200 Å². The summed E-state index contributed by atoms with van der Waals surface area (Å²) in [7, 11) is 0. The Balaban J connectivity index is 3.69. The van der Waals surface area contributed by atoms with Gasteiger partial charge in [-0.2, -0.15) is 0 Å². The van der Waals surface area contributed by atoms with Crippen molar-refractivity contribution in [3.05, 3.63) is 24.3 Å². The molecule has 0 aliphatic carbocycles. The van der Waals surface area contributed by atoms with Gasteiger partial charge in [-0.1, -0.05) is 186 Å². The summed E-state index contributed by atoms with van der Waals surface area (Å²) in [5.74, 6) is -0.325. The quantitative estimate of drug-likeness (QED) is 0.0412. The highest BCUT2D eigenvalue weighted by Crippen LogP contribution is 2.15. The first-order valence-corrected chi connectivity index (χ1v) is 19.6. The number of rotatable bonds is 35. The Hall–Kier alpha value is -1.17. The fourth-order valence-electron chi connectivity index (χ4n) is 5.94. The number of amides is 1. The average Bonchev–Trinajstić information content (AvgIpc) is 3.03. The zero-order valence-electron chi connectivity index (χ0n) is 30.0. The van der Waals surface area contributed by atoms with Crippen LogP contribution in [0.4, 0.5) is 0 Å². The fraction of sp³-hybridized carbons (Fsp3) is 0.875. The molecule has 4 N–H and O–H groups in total. The lowest BCUT2D eigenvalue weighted by Gasteiger charge is -2.21. The molecule has 0 saturated heterocycles. The van der Waals surface area contributed by atoms with E-state index >= 15 is 0 Å². The van der Waals surface area contributed by atoms with Gasteiger partial charge >= 0.3 is 0 Å². The van der Waals surface area contributed by atoms with Gasteiger partial charge in [-0.15, -0.1) is 0 Å². The van der Waals surface area contributed by atoms with Gasteiger partial charge in [-0.25, -0.2) is 0 Å². The van der Waals surface area contributed by atoms with Crippen LogP contribution in [-0.4, -0.2) is 46.1 Å².